The molecule has 0 fully saturated rings. The number of anilines is 1. The van der Waals surface area contributed by atoms with Crippen LogP contribution in [0.15, 0.2) is 30.3 Å². The van der Waals surface area contributed by atoms with Crippen LogP contribution in [0.5, 0.6) is 0 Å². The van der Waals surface area contributed by atoms with Crippen molar-refractivity contribution in [3.05, 3.63) is 61.0 Å². The summed E-state index contributed by atoms with van der Waals surface area (Å²) in [7, 11) is 0. The van der Waals surface area contributed by atoms with Crippen molar-refractivity contribution in [2.75, 3.05) is 5.32 Å². The van der Waals surface area contributed by atoms with E-state index in [0.29, 0.717) is 42.9 Å². The number of nitrogens with one attached hydrogen (secondary N) is 1. The molecule has 6 heteroatoms. The molecule has 100 valence electrons. The van der Waals surface area contributed by atoms with Crippen molar-refractivity contribution in [3.63, 3.8) is 0 Å². The summed E-state index contributed by atoms with van der Waals surface area (Å²) >= 11 is 30.2. The highest BCUT2D eigenvalue weighted by Gasteiger charge is 2.10. The van der Waals surface area contributed by atoms with Crippen LogP contribution in [0.4, 0.5) is 5.69 Å². The van der Waals surface area contributed by atoms with Gasteiger partial charge in [0, 0.05) is 22.2 Å². The first-order chi connectivity index (χ1) is 8.99. The van der Waals surface area contributed by atoms with Gasteiger partial charge in [0.2, 0.25) is 0 Å². The van der Waals surface area contributed by atoms with E-state index < -0.39 is 0 Å². The van der Waals surface area contributed by atoms with E-state index in [4.69, 9.17) is 58.0 Å². The van der Waals surface area contributed by atoms with Crippen LogP contribution in [0.2, 0.25) is 25.1 Å². The van der Waals surface area contributed by atoms with Crippen molar-refractivity contribution in [2.24, 2.45) is 0 Å². The Bertz CT molecular complexity index is 612. The van der Waals surface area contributed by atoms with E-state index in [2.05, 4.69) is 5.32 Å². The summed E-state index contributed by atoms with van der Waals surface area (Å²) in [6.07, 6.45) is 0. The maximum atomic E-state index is 6.12. The van der Waals surface area contributed by atoms with Gasteiger partial charge in [0.1, 0.15) is 0 Å². The summed E-state index contributed by atoms with van der Waals surface area (Å²) in [5, 5.41) is 5.73. The van der Waals surface area contributed by atoms with Crippen molar-refractivity contribution < 1.29 is 0 Å². The lowest BCUT2D eigenvalue weighted by Crippen LogP contribution is -2.01. The second-order valence-corrected chi connectivity index (χ2v) is 5.84. The summed E-state index contributed by atoms with van der Waals surface area (Å²) in [6.45, 7) is 0.401. The Morgan fingerprint density at radius 1 is 0.789 bits per heavy atom. The topological polar surface area (TPSA) is 12.0 Å². The van der Waals surface area contributed by atoms with Crippen LogP contribution in [0.1, 0.15) is 5.56 Å². The first-order valence-corrected chi connectivity index (χ1v) is 7.19. The maximum Gasteiger partial charge on any atom is 0.0657 e. The molecule has 1 nitrogen and oxygen atoms in total. The molecule has 0 unspecified atom stereocenters. The minimum Gasteiger partial charge on any atom is -0.380 e. The molecule has 0 amide bonds. The van der Waals surface area contributed by atoms with E-state index in [-0.39, 0.29) is 0 Å². The summed E-state index contributed by atoms with van der Waals surface area (Å²) in [4.78, 5) is 0. The van der Waals surface area contributed by atoms with Crippen LogP contribution in [0.25, 0.3) is 0 Å². The summed E-state index contributed by atoms with van der Waals surface area (Å²) in [5.74, 6) is 0. The molecule has 2 aromatic rings. The molecule has 2 rings (SSSR count). The molecular weight excluding hydrogens is 347 g/mol. The third-order valence-electron chi connectivity index (χ3n) is 2.52. The van der Waals surface area contributed by atoms with Gasteiger partial charge in [-0.15, -0.1) is 0 Å². The van der Waals surface area contributed by atoms with E-state index in [1.165, 1.54) is 0 Å². The maximum absolute atomic E-state index is 6.12. The van der Waals surface area contributed by atoms with Gasteiger partial charge in [-0.1, -0.05) is 58.0 Å². The largest absolute Gasteiger partial charge is 0.380 e. The van der Waals surface area contributed by atoms with Crippen molar-refractivity contribution in [3.8, 4) is 0 Å². The number of hydrogen-bond acceptors (Lipinski definition) is 1. The highest BCUT2D eigenvalue weighted by Crippen LogP contribution is 2.33. The first kappa shape index (κ1) is 15.1. The Kier molecular flexibility index (Phi) is 5.10. The minimum absolute atomic E-state index is 0.401. The molecule has 19 heavy (non-hydrogen) atoms. The SMILES string of the molecule is Clc1ccc(Cl)c(NCc2c(Cl)ccc(Cl)c2Cl)c1. The number of benzene rings is 2. The van der Waals surface area contributed by atoms with Crippen LogP contribution >= 0.6 is 58.0 Å². The fourth-order valence-corrected chi connectivity index (χ4v) is 2.59. The van der Waals surface area contributed by atoms with Gasteiger partial charge < -0.3 is 5.32 Å². The molecule has 0 saturated carbocycles. The van der Waals surface area contributed by atoms with Gasteiger partial charge in [-0.2, -0.15) is 0 Å². The van der Waals surface area contributed by atoms with Crippen molar-refractivity contribution in [2.45, 2.75) is 6.54 Å². The second-order valence-electron chi connectivity index (χ2n) is 3.80. The van der Waals surface area contributed by atoms with E-state index in [9.17, 15) is 0 Å². The van der Waals surface area contributed by atoms with Crippen molar-refractivity contribution in [1.82, 2.24) is 0 Å². The zero-order chi connectivity index (χ0) is 14.0. The number of halogens is 5. The molecule has 0 radical (unpaired) electrons. The van der Waals surface area contributed by atoms with Crippen molar-refractivity contribution in [1.29, 1.82) is 0 Å². The van der Waals surface area contributed by atoms with Crippen LogP contribution in [0.3, 0.4) is 0 Å². The summed E-state index contributed by atoms with van der Waals surface area (Å²) in [5.41, 5.74) is 1.42. The minimum atomic E-state index is 0.401. The zero-order valence-corrected chi connectivity index (χ0v) is 13.3. The molecule has 0 aliphatic carbocycles. The summed E-state index contributed by atoms with van der Waals surface area (Å²) < 4.78 is 0. The molecule has 0 aliphatic heterocycles. The number of hydrogen-bond donors (Lipinski definition) is 1. The Hall–Kier alpha value is -0.310. The van der Waals surface area contributed by atoms with Gasteiger partial charge >= 0.3 is 0 Å². The molecule has 0 bridgehead atoms. The van der Waals surface area contributed by atoms with Gasteiger partial charge in [0.15, 0.2) is 0 Å². The van der Waals surface area contributed by atoms with Gasteiger partial charge in [-0.3, -0.25) is 0 Å². The lowest BCUT2D eigenvalue weighted by Gasteiger charge is -2.12. The van der Waals surface area contributed by atoms with Gasteiger partial charge in [0.25, 0.3) is 0 Å². The van der Waals surface area contributed by atoms with Crippen LogP contribution in [0, 0.1) is 0 Å². The van der Waals surface area contributed by atoms with Crippen LogP contribution in [-0.2, 0) is 6.54 Å². The Morgan fingerprint density at radius 3 is 2.16 bits per heavy atom. The fraction of sp³-hybridized carbons (Fsp3) is 0.0769. The molecule has 0 saturated heterocycles. The normalized spacial score (nSPS) is 10.6. The van der Waals surface area contributed by atoms with E-state index in [1.807, 2.05) is 0 Å². The summed E-state index contributed by atoms with van der Waals surface area (Å²) in [6, 6.07) is 8.52. The van der Waals surface area contributed by atoms with Gasteiger partial charge in [0.05, 0.1) is 20.8 Å². The Labute approximate surface area is 136 Å². The van der Waals surface area contributed by atoms with E-state index in [0.717, 1.165) is 0 Å². The van der Waals surface area contributed by atoms with E-state index >= 15 is 0 Å². The van der Waals surface area contributed by atoms with Gasteiger partial charge in [-0.05, 0) is 30.3 Å². The first-order valence-electron chi connectivity index (χ1n) is 5.30. The molecule has 0 aliphatic rings. The predicted molar refractivity (Wildman–Crippen MR) is 85.3 cm³/mol. The number of rotatable bonds is 3. The lowest BCUT2D eigenvalue weighted by molar-refractivity contribution is 1.15. The lowest BCUT2D eigenvalue weighted by atomic mass is 10.2. The van der Waals surface area contributed by atoms with E-state index in [1.54, 1.807) is 30.3 Å². The molecule has 2 aromatic carbocycles. The average molecular weight is 355 g/mol. The fourth-order valence-electron chi connectivity index (χ4n) is 1.55. The molecule has 0 atom stereocenters. The smallest absolute Gasteiger partial charge is 0.0657 e. The Morgan fingerprint density at radius 2 is 1.42 bits per heavy atom. The quantitative estimate of drug-likeness (QED) is 0.614. The molecule has 0 spiro atoms. The standard InChI is InChI=1S/C13H8Cl5N/c14-7-1-2-10(16)12(5-7)19-6-8-9(15)3-4-11(17)13(8)18/h1-5,19H,6H2. The van der Waals surface area contributed by atoms with Crippen molar-refractivity contribution >= 4 is 63.7 Å². The molecular formula is C13H8Cl5N. The highest BCUT2D eigenvalue weighted by atomic mass is 35.5. The molecule has 0 heterocycles. The third-order valence-corrected chi connectivity index (χ3v) is 4.29. The second kappa shape index (κ2) is 6.43. The zero-order valence-electron chi connectivity index (χ0n) is 9.48. The highest BCUT2D eigenvalue weighted by molar-refractivity contribution is 6.44. The monoisotopic (exact) mass is 353 g/mol. The van der Waals surface area contributed by atoms with Gasteiger partial charge in [-0.25, -0.2) is 0 Å². The predicted octanol–water partition coefficient (Wildman–Crippen LogP) is 6.57. The van der Waals surface area contributed by atoms with Crippen LogP contribution < -0.4 is 5.32 Å². The van der Waals surface area contributed by atoms with Crippen LogP contribution in [-0.4, -0.2) is 0 Å². The molecule has 0 aromatic heterocycles. The third kappa shape index (κ3) is 3.62. The Balaban J connectivity index is 2.24. The average Bonchev–Trinajstić information content (AvgIpc) is 2.38. The molecule has 1 N–H and O–H groups in total.